The highest BCUT2D eigenvalue weighted by atomic mass is 19.4. The Morgan fingerprint density at radius 2 is 1.58 bits per heavy atom. The smallest absolute Gasteiger partial charge is 0.378 e. The first-order valence-corrected chi connectivity index (χ1v) is 11.2. The van der Waals surface area contributed by atoms with Crippen molar-refractivity contribution in [2.75, 3.05) is 24.3 Å². The van der Waals surface area contributed by atoms with Crippen LogP contribution in [-0.4, -0.2) is 25.0 Å². The molecular weight excluding hydrogens is 463 g/mol. The number of carbonyl (C=O) groups is 1. The number of alkyl halides is 3. The number of benzene rings is 3. The zero-order valence-corrected chi connectivity index (χ0v) is 19.8. The Hall–Kier alpha value is -4.39. The third-order valence-electron chi connectivity index (χ3n) is 5.67. The summed E-state index contributed by atoms with van der Waals surface area (Å²) in [6.07, 6.45) is 3.68. The van der Waals surface area contributed by atoms with E-state index in [1.807, 2.05) is 67.5 Å². The summed E-state index contributed by atoms with van der Waals surface area (Å²) in [6.45, 7) is 0. The average molecular weight is 488 g/mol. The van der Waals surface area contributed by atoms with E-state index in [2.05, 4.69) is 10.3 Å². The largest absolute Gasteiger partial charge is 0.416 e. The number of hydrogen-bond acceptors (Lipinski definition) is 3. The van der Waals surface area contributed by atoms with Crippen molar-refractivity contribution in [3.63, 3.8) is 0 Å². The maximum absolute atomic E-state index is 13.1. The fourth-order valence-electron chi connectivity index (χ4n) is 3.77. The molecule has 182 valence electrons. The van der Waals surface area contributed by atoms with Gasteiger partial charge in [0.25, 0.3) is 0 Å². The van der Waals surface area contributed by atoms with Crippen molar-refractivity contribution < 1.29 is 18.0 Å². The molecule has 36 heavy (non-hydrogen) atoms. The minimum absolute atomic E-state index is 0.328. The molecule has 0 fully saturated rings. The second-order valence-electron chi connectivity index (χ2n) is 8.35. The van der Waals surface area contributed by atoms with Crippen molar-refractivity contribution in [1.29, 1.82) is 0 Å². The van der Waals surface area contributed by atoms with Gasteiger partial charge in [0, 0.05) is 54.7 Å². The lowest BCUT2D eigenvalue weighted by molar-refractivity contribution is -0.137. The quantitative estimate of drug-likeness (QED) is 0.237. The molecule has 0 spiro atoms. The number of nitrogens with one attached hydrogen (secondary N) is 1. The van der Waals surface area contributed by atoms with Gasteiger partial charge in [0.05, 0.1) is 5.56 Å². The zero-order chi connectivity index (χ0) is 25.7. The molecule has 1 N–H and O–H groups in total. The molecule has 4 rings (SSSR count). The number of nitrogens with zero attached hydrogens (tertiary/aromatic N) is 2. The van der Waals surface area contributed by atoms with Gasteiger partial charge in [-0.15, -0.1) is 0 Å². The van der Waals surface area contributed by atoms with Gasteiger partial charge in [-0.3, -0.25) is 9.78 Å². The first-order valence-electron chi connectivity index (χ1n) is 11.2. The summed E-state index contributed by atoms with van der Waals surface area (Å²) in [7, 11) is 3.85. The summed E-state index contributed by atoms with van der Waals surface area (Å²) in [4.78, 5) is 18.7. The molecule has 1 amide bonds. The van der Waals surface area contributed by atoms with Crippen LogP contribution in [0.15, 0.2) is 103 Å². The standard InChI is InChI=1S/C29H24F3N3O/c1-35(2)24-15-11-21(12-16-24)25(20-9-13-23(14-10-20)29(30,31)32)6-4-8-28(36)34-27-7-3-5-22-19-33-18-17-26(22)27/h3-19H,1-2H3,(H,34,36)/b8-4+,25-6-. The number of fused-ring (bicyclic) bond motifs is 1. The highest BCUT2D eigenvalue weighted by Crippen LogP contribution is 2.32. The molecule has 0 bridgehead atoms. The van der Waals surface area contributed by atoms with Crippen LogP contribution in [0.4, 0.5) is 24.5 Å². The van der Waals surface area contributed by atoms with Crippen LogP contribution in [0.1, 0.15) is 16.7 Å². The van der Waals surface area contributed by atoms with E-state index in [1.54, 1.807) is 24.5 Å². The van der Waals surface area contributed by atoms with E-state index in [-0.39, 0.29) is 5.91 Å². The van der Waals surface area contributed by atoms with Crippen LogP contribution < -0.4 is 10.2 Å². The van der Waals surface area contributed by atoms with E-state index in [0.717, 1.165) is 34.2 Å². The Bertz CT molecular complexity index is 1420. The van der Waals surface area contributed by atoms with Gasteiger partial charge in [0.2, 0.25) is 5.91 Å². The topological polar surface area (TPSA) is 45.2 Å². The van der Waals surface area contributed by atoms with Crippen LogP contribution in [0.25, 0.3) is 16.3 Å². The third kappa shape index (κ3) is 5.81. The fraction of sp³-hybridized carbons (Fsp3) is 0.103. The molecular formula is C29H24F3N3O. The molecule has 0 unspecified atom stereocenters. The Morgan fingerprint density at radius 3 is 2.22 bits per heavy atom. The number of amides is 1. The first kappa shape index (κ1) is 24.7. The maximum Gasteiger partial charge on any atom is 0.416 e. The van der Waals surface area contributed by atoms with Gasteiger partial charge < -0.3 is 10.2 Å². The van der Waals surface area contributed by atoms with Crippen molar-refractivity contribution in [3.8, 4) is 0 Å². The van der Waals surface area contributed by atoms with Crippen LogP contribution >= 0.6 is 0 Å². The second kappa shape index (κ2) is 10.5. The Balaban J connectivity index is 1.62. The molecule has 4 aromatic rings. The predicted molar refractivity (Wildman–Crippen MR) is 139 cm³/mol. The molecule has 4 nitrogen and oxygen atoms in total. The zero-order valence-electron chi connectivity index (χ0n) is 19.8. The molecule has 0 saturated carbocycles. The first-order chi connectivity index (χ1) is 17.2. The van der Waals surface area contributed by atoms with Crippen molar-refractivity contribution in [1.82, 2.24) is 4.98 Å². The number of allylic oxidation sites excluding steroid dienone is 2. The molecule has 7 heteroatoms. The molecule has 3 aromatic carbocycles. The number of pyridine rings is 1. The normalized spacial score (nSPS) is 12.2. The summed E-state index contributed by atoms with van der Waals surface area (Å²) in [5.74, 6) is -0.328. The predicted octanol–water partition coefficient (Wildman–Crippen LogP) is 6.95. The van der Waals surface area contributed by atoms with Gasteiger partial charge in [-0.05, 0) is 53.1 Å². The van der Waals surface area contributed by atoms with Gasteiger partial charge in [-0.25, -0.2) is 0 Å². The van der Waals surface area contributed by atoms with E-state index in [4.69, 9.17) is 0 Å². The summed E-state index contributed by atoms with van der Waals surface area (Å²) >= 11 is 0. The summed E-state index contributed by atoms with van der Waals surface area (Å²) in [5, 5.41) is 4.65. The minimum atomic E-state index is -4.41. The molecule has 0 saturated heterocycles. The SMILES string of the molecule is CN(C)c1ccc(/C(=C\C=C\C(=O)Nc2cccc3cnccc23)c2ccc(C(F)(F)F)cc2)cc1. The molecule has 0 aliphatic carbocycles. The lowest BCUT2D eigenvalue weighted by Gasteiger charge is -2.14. The molecule has 1 aromatic heterocycles. The van der Waals surface area contributed by atoms with Gasteiger partial charge in [-0.1, -0.05) is 48.6 Å². The maximum atomic E-state index is 13.1. The monoisotopic (exact) mass is 487 g/mol. The van der Waals surface area contributed by atoms with Crippen molar-refractivity contribution in [3.05, 3.63) is 120 Å². The summed E-state index contributed by atoms with van der Waals surface area (Å²) < 4.78 is 39.2. The van der Waals surface area contributed by atoms with Gasteiger partial charge >= 0.3 is 6.18 Å². The Kier molecular flexibility index (Phi) is 7.20. The van der Waals surface area contributed by atoms with Gasteiger partial charge in [0.1, 0.15) is 0 Å². The number of hydrogen-bond donors (Lipinski definition) is 1. The van der Waals surface area contributed by atoms with Gasteiger partial charge in [-0.2, -0.15) is 13.2 Å². The Labute approximate surface area is 207 Å². The van der Waals surface area contributed by atoms with E-state index in [1.165, 1.54) is 18.2 Å². The highest BCUT2D eigenvalue weighted by molar-refractivity contribution is 6.06. The number of carbonyl (C=O) groups excluding carboxylic acids is 1. The lowest BCUT2D eigenvalue weighted by Crippen LogP contribution is -2.08. The molecule has 0 radical (unpaired) electrons. The van der Waals surface area contributed by atoms with E-state index >= 15 is 0 Å². The van der Waals surface area contributed by atoms with E-state index in [0.29, 0.717) is 16.8 Å². The van der Waals surface area contributed by atoms with Crippen LogP contribution in [0.5, 0.6) is 0 Å². The fourth-order valence-corrected chi connectivity index (χ4v) is 3.77. The van der Waals surface area contributed by atoms with E-state index < -0.39 is 11.7 Å². The van der Waals surface area contributed by atoms with Crippen LogP contribution in [0, 0.1) is 0 Å². The molecule has 1 heterocycles. The van der Waals surface area contributed by atoms with Crippen molar-refractivity contribution in [2.24, 2.45) is 0 Å². The minimum Gasteiger partial charge on any atom is -0.378 e. The summed E-state index contributed by atoms with van der Waals surface area (Å²) in [5.41, 5.74) is 3.05. The molecule has 0 aliphatic rings. The van der Waals surface area contributed by atoms with Gasteiger partial charge in [0.15, 0.2) is 0 Å². The van der Waals surface area contributed by atoms with Crippen LogP contribution in [0.2, 0.25) is 0 Å². The lowest BCUT2D eigenvalue weighted by atomic mass is 9.96. The number of anilines is 2. The second-order valence-corrected chi connectivity index (χ2v) is 8.35. The van der Waals surface area contributed by atoms with Crippen LogP contribution in [0.3, 0.4) is 0 Å². The number of rotatable bonds is 6. The number of halogens is 3. The summed E-state index contributed by atoms with van der Waals surface area (Å²) in [6, 6.07) is 20.0. The third-order valence-corrected chi connectivity index (χ3v) is 5.67. The van der Waals surface area contributed by atoms with E-state index in [9.17, 15) is 18.0 Å². The van der Waals surface area contributed by atoms with Crippen LogP contribution in [-0.2, 0) is 11.0 Å². The van der Waals surface area contributed by atoms with Crippen molar-refractivity contribution >= 4 is 33.6 Å². The molecule has 0 atom stereocenters. The van der Waals surface area contributed by atoms with Crippen molar-refractivity contribution in [2.45, 2.75) is 6.18 Å². The molecule has 0 aliphatic heterocycles. The average Bonchev–Trinajstić information content (AvgIpc) is 2.86. The Morgan fingerprint density at radius 1 is 0.917 bits per heavy atom. The highest BCUT2D eigenvalue weighted by Gasteiger charge is 2.30. The number of aromatic nitrogens is 1.